The van der Waals surface area contributed by atoms with E-state index in [0.717, 1.165) is 24.1 Å². The van der Waals surface area contributed by atoms with Gasteiger partial charge in [-0.2, -0.15) is 0 Å². The largest absolute Gasteiger partial charge is 0.338 e. The molecule has 1 aromatic heterocycles. The number of sulfonamides is 1. The van der Waals surface area contributed by atoms with E-state index in [-0.39, 0.29) is 18.4 Å². The first-order valence-corrected chi connectivity index (χ1v) is 9.20. The van der Waals surface area contributed by atoms with Crippen LogP contribution in [0.15, 0.2) is 16.3 Å². The van der Waals surface area contributed by atoms with Crippen LogP contribution in [0.2, 0.25) is 0 Å². The van der Waals surface area contributed by atoms with E-state index in [4.69, 9.17) is 0 Å². The van der Waals surface area contributed by atoms with Crippen molar-refractivity contribution in [3.8, 4) is 0 Å². The van der Waals surface area contributed by atoms with E-state index < -0.39 is 10.0 Å². The Morgan fingerprint density at radius 1 is 1.40 bits per heavy atom. The van der Waals surface area contributed by atoms with Gasteiger partial charge in [-0.15, -0.1) is 11.3 Å². The number of hydrogen-bond donors (Lipinski definition) is 1. The number of carbonyl (C=O) groups excluding carboxylic acids is 1. The summed E-state index contributed by atoms with van der Waals surface area (Å²) in [4.78, 5) is 14.7. The lowest BCUT2D eigenvalue weighted by molar-refractivity contribution is -0.128. The first-order chi connectivity index (χ1) is 9.49. The van der Waals surface area contributed by atoms with Crippen LogP contribution < -0.4 is 4.72 Å². The zero-order valence-corrected chi connectivity index (χ0v) is 13.0. The molecule has 2 aliphatic rings. The highest BCUT2D eigenvalue weighted by atomic mass is 32.2. The summed E-state index contributed by atoms with van der Waals surface area (Å²) in [5, 5.41) is 0. The molecule has 1 saturated carbocycles. The molecule has 2 heterocycles. The highest BCUT2D eigenvalue weighted by molar-refractivity contribution is 7.91. The molecule has 0 bridgehead atoms. The second-order valence-corrected chi connectivity index (χ2v) is 8.48. The number of carbonyl (C=O) groups is 1. The maximum absolute atomic E-state index is 12.3. The van der Waals surface area contributed by atoms with Crippen molar-refractivity contribution < 1.29 is 13.2 Å². The first-order valence-electron chi connectivity index (χ1n) is 6.90. The van der Waals surface area contributed by atoms with Crippen molar-refractivity contribution in [2.75, 3.05) is 6.54 Å². The van der Waals surface area contributed by atoms with Gasteiger partial charge in [0.05, 0.1) is 0 Å². The van der Waals surface area contributed by atoms with Crippen molar-refractivity contribution in [2.45, 2.75) is 48.9 Å². The zero-order valence-electron chi connectivity index (χ0n) is 11.3. The first kappa shape index (κ1) is 14.0. The van der Waals surface area contributed by atoms with Crippen molar-refractivity contribution in [1.29, 1.82) is 0 Å². The summed E-state index contributed by atoms with van der Waals surface area (Å²) in [6, 6.07) is 3.54. The van der Waals surface area contributed by atoms with Gasteiger partial charge in [0.1, 0.15) is 4.21 Å². The fraction of sp³-hybridized carbons (Fsp3) is 0.615. The zero-order chi connectivity index (χ0) is 14.3. The third-order valence-corrected chi connectivity index (χ3v) is 6.96. The lowest BCUT2D eigenvalue weighted by Crippen LogP contribution is -2.37. The molecule has 1 saturated heterocycles. The van der Waals surface area contributed by atoms with Crippen LogP contribution in [-0.2, 0) is 21.2 Å². The number of nitrogens with zero attached hydrogens (tertiary/aromatic N) is 1. The summed E-state index contributed by atoms with van der Waals surface area (Å²) in [5.74, 6) is 0.0700. The van der Waals surface area contributed by atoms with Gasteiger partial charge in [0.25, 0.3) is 0 Å². The van der Waals surface area contributed by atoms with Crippen LogP contribution in [0.3, 0.4) is 0 Å². The molecule has 0 spiro atoms. The average molecular weight is 314 g/mol. The highest BCUT2D eigenvalue weighted by Crippen LogP contribution is 2.31. The molecule has 7 heteroatoms. The Bertz CT molecular complexity index is 619. The monoisotopic (exact) mass is 314 g/mol. The predicted octanol–water partition coefficient (Wildman–Crippen LogP) is 1.35. The van der Waals surface area contributed by atoms with E-state index in [1.165, 1.54) is 11.3 Å². The Kier molecular flexibility index (Phi) is 3.60. The van der Waals surface area contributed by atoms with Gasteiger partial charge >= 0.3 is 0 Å². The number of thiophene rings is 1. The number of amides is 1. The minimum absolute atomic E-state index is 0.0700. The number of aryl methyl sites for hydroxylation is 1. The van der Waals surface area contributed by atoms with Crippen molar-refractivity contribution >= 4 is 27.3 Å². The Hall–Kier alpha value is -0.920. The predicted molar refractivity (Wildman–Crippen MR) is 77.2 cm³/mol. The quantitative estimate of drug-likeness (QED) is 0.892. The molecule has 1 unspecified atom stereocenters. The number of hydrogen-bond acceptors (Lipinski definition) is 4. The van der Waals surface area contributed by atoms with Gasteiger partial charge in [-0.1, -0.05) is 6.92 Å². The van der Waals surface area contributed by atoms with Crippen molar-refractivity contribution in [3.63, 3.8) is 0 Å². The molecule has 1 atom stereocenters. The van der Waals surface area contributed by atoms with Crippen LogP contribution in [0.1, 0.15) is 31.1 Å². The Labute approximate surface area is 123 Å². The van der Waals surface area contributed by atoms with E-state index in [9.17, 15) is 13.2 Å². The second-order valence-electron chi connectivity index (χ2n) is 5.37. The second kappa shape index (κ2) is 5.13. The molecule has 5 nitrogen and oxygen atoms in total. The summed E-state index contributed by atoms with van der Waals surface area (Å²) >= 11 is 1.29. The summed E-state index contributed by atoms with van der Waals surface area (Å²) in [7, 11) is -3.50. The van der Waals surface area contributed by atoms with Gasteiger partial charge in [0.2, 0.25) is 15.9 Å². The fourth-order valence-electron chi connectivity index (χ4n) is 2.52. The molecule has 0 aromatic carbocycles. The Morgan fingerprint density at radius 2 is 2.15 bits per heavy atom. The maximum Gasteiger partial charge on any atom is 0.250 e. The molecule has 1 aliphatic carbocycles. The average Bonchev–Trinajstić information content (AvgIpc) is 2.98. The minimum Gasteiger partial charge on any atom is -0.338 e. The number of likely N-dealkylation sites (tertiary alicyclic amines) is 1. The van der Waals surface area contributed by atoms with Crippen LogP contribution in [-0.4, -0.2) is 37.9 Å². The number of rotatable bonds is 5. The lowest BCUT2D eigenvalue weighted by atomic mass is 10.3. The van der Waals surface area contributed by atoms with E-state index in [1.54, 1.807) is 6.07 Å². The molecular formula is C13H18N2O3S2. The standard InChI is InChI=1S/C13H18N2O3S2/c1-2-11-5-6-13(19-11)20(17,18)14-9-7-12(16)15(8-9)10-3-4-10/h5-6,9-10,14H,2-4,7-8H2,1H3. The van der Waals surface area contributed by atoms with E-state index in [2.05, 4.69) is 4.72 Å². The summed E-state index contributed by atoms with van der Waals surface area (Å²) in [6.45, 7) is 2.51. The van der Waals surface area contributed by atoms with Crippen molar-refractivity contribution in [3.05, 3.63) is 17.0 Å². The fourth-order valence-corrected chi connectivity index (χ4v) is 5.06. The van der Waals surface area contributed by atoms with Crippen LogP contribution in [0.25, 0.3) is 0 Å². The molecule has 1 aromatic rings. The maximum atomic E-state index is 12.3. The van der Waals surface area contributed by atoms with E-state index in [0.29, 0.717) is 16.8 Å². The van der Waals surface area contributed by atoms with Gasteiger partial charge in [0.15, 0.2) is 0 Å². The molecule has 2 fully saturated rings. The van der Waals surface area contributed by atoms with Crippen LogP contribution in [0, 0.1) is 0 Å². The summed E-state index contributed by atoms with van der Waals surface area (Å²) < 4.78 is 27.6. The van der Waals surface area contributed by atoms with Gasteiger partial charge < -0.3 is 4.90 Å². The van der Waals surface area contributed by atoms with Gasteiger partial charge in [-0.3, -0.25) is 4.79 Å². The van der Waals surface area contributed by atoms with Gasteiger partial charge in [-0.05, 0) is 31.4 Å². The van der Waals surface area contributed by atoms with Gasteiger partial charge in [0, 0.05) is 29.9 Å². The molecule has 110 valence electrons. The smallest absolute Gasteiger partial charge is 0.250 e. The SMILES string of the molecule is CCc1ccc(S(=O)(=O)NC2CC(=O)N(C3CC3)C2)s1. The molecule has 1 amide bonds. The lowest BCUT2D eigenvalue weighted by Gasteiger charge is -2.15. The van der Waals surface area contributed by atoms with Crippen LogP contribution in [0.4, 0.5) is 0 Å². The normalized spacial score (nSPS) is 23.6. The highest BCUT2D eigenvalue weighted by Gasteiger charge is 2.40. The molecule has 20 heavy (non-hydrogen) atoms. The summed E-state index contributed by atoms with van der Waals surface area (Å²) in [5.41, 5.74) is 0. The Morgan fingerprint density at radius 3 is 2.75 bits per heavy atom. The van der Waals surface area contributed by atoms with Gasteiger partial charge in [-0.25, -0.2) is 13.1 Å². The van der Waals surface area contributed by atoms with Crippen LogP contribution >= 0.6 is 11.3 Å². The van der Waals surface area contributed by atoms with Crippen molar-refractivity contribution in [2.24, 2.45) is 0 Å². The molecule has 1 N–H and O–H groups in total. The molecule has 3 rings (SSSR count). The van der Waals surface area contributed by atoms with Crippen LogP contribution in [0.5, 0.6) is 0 Å². The molecule has 1 aliphatic heterocycles. The summed E-state index contributed by atoms with van der Waals surface area (Å²) in [6.07, 6.45) is 3.21. The Balaban J connectivity index is 1.69. The third-order valence-electron chi connectivity index (χ3n) is 3.72. The molecular weight excluding hydrogens is 296 g/mol. The topological polar surface area (TPSA) is 66.5 Å². The van der Waals surface area contributed by atoms with E-state index in [1.807, 2.05) is 17.9 Å². The third kappa shape index (κ3) is 2.75. The van der Waals surface area contributed by atoms with E-state index >= 15 is 0 Å². The molecule has 0 radical (unpaired) electrons. The van der Waals surface area contributed by atoms with Crippen molar-refractivity contribution in [1.82, 2.24) is 9.62 Å². The minimum atomic E-state index is -3.50. The number of nitrogens with one attached hydrogen (secondary N) is 1.